The van der Waals surface area contributed by atoms with Gasteiger partial charge in [0.1, 0.15) is 0 Å². The van der Waals surface area contributed by atoms with E-state index in [-0.39, 0.29) is 0 Å². The standard InChI is InChI=1S/C15H22/c1-11(2)10-14-6-8-15(9-7-14)13(5)12(3)4/h6-9,11,13H,3,10H2,1-2,4-5H3/t13-/m1/s1. The van der Waals surface area contributed by atoms with Gasteiger partial charge in [0.05, 0.1) is 0 Å². The lowest BCUT2D eigenvalue weighted by Crippen LogP contribution is -1.97. The summed E-state index contributed by atoms with van der Waals surface area (Å²) in [6.45, 7) is 12.8. The van der Waals surface area contributed by atoms with E-state index in [2.05, 4.69) is 58.5 Å². The van der Waals surface area contributed by atoms with Crippen LogP contribution in [0, 0.1) is 5.92 Å². The lowest BCUT2D eigenvalue weighted by molar-refractivity contribution is 0.647. The van der Waals surface area contributed by atoms with Gasteiger partial charge in [-0.2, -0.15) is 0 Å². The number of hydrogen-bond donors (Lipinski definition) is 0. The van der Waals surface area contributed by atoms with Gasteiger partial charge in [0.25, 0.3) is 0 Å². The predicted molar refractivity (Wildman–Crippen MR) is 68.2 cm³/mol. The van der Waals surface area contributed by atoms with Gasteiger partial charge in [-0.1, -0.05) is 57.2 Å². The molecule has 0 fully saturated rings. The molecule has 1 atom stereocenters. The Kier molecular flexibility index (Phi) is 4.14. The zero-order chi connectivity index (χ0) is 11.4. The quantitative estimate of drug-likeness (QED) is 0.628. The summed E-state index contributed by atoms with van der Waals surface area (Å²) >= 11 is 0. The molecule has 82 valence electrons. The molecule has 15 heavy (non-hydrogen) atoms. The van der Waals surface area contributed by atoms with Crippen molar-refractivity contribution in [2.24, 2.45) is 5.92 Å². The second kappa shape index (κ2) is 5.16. The highest BCUT2D eigenvalue weighted by Gasteiger charge is 2.05. The highest BCUT2D eigenvalue weighted by Crippen LogP contribution is 2.22. The molecule has 0 bridgehead atoms. The Hall–Kier alpha value is -1.04. The van der Waals surface area contributed by atoms with Gasteiger partial charge in [0.15, 0.2) is 0 Å². The van der Waals surface area contributed by atoms with Crippen LogP contribution in [0.15, 0.2) is 36.4 Å². The topological polar surface area (TPSA) is 0 Å². The molecule has 0 aliphatic carbocycles. The van der Waals surface area contributed by atoms with Crippen LogP contribution < -0.4 is 0 Å². The number of benzene rings is 1. The summed E-state index contributed by atoms with van der Waals surface area (Å²) in [4.78, 5) is 0. The largest absolute Gasteiger partial charge is 0.0995 e. The van der Waals surface area contributed by atoms with Gasteiger partial charge in [-0.3, -0.25) is 0 Å². The molecule has 0 spiro atoms. The molecule has 0 nitrogen and oxygen atoms in total. The zero-order valence-electron chi connectivity index (χ0n) is 10.4. The van der Waals surface area contributed by atoms with E-state index in [1.54, 1.807) is 0 Å². The first-order valence-corrected chi connectivity index (χ1v) is 5.75. The summed E-state index contributed by atoms with van der Waals surface area (Å²) in [5.41, 5.74) is 4.03. The Morgan fingerprint density at radius 3 is 2.07 bits per heavy atom. The molecular formula is C15H22. The van der Waals surface area contributed by atoms with E-state index in [1.807, 2.05) is 0 Å². The minimum absolute atomic E-state index is 0.470. The summed E-state index contributed by atoms with van der Waals surface area (Å²) in [5.74, 6) is 1.20. The van der Waals surface area contributed by atoms with E-state index < -0.39 is 0 Å². The molecule has 0 aromatic heterocycles. The Morgan fingerprint density at radius 2 is 1.67 bits per heavy atom. The second-order valence-electron chi connectivity index (χ2n) is 4.91. The number of rotatable bonds is 4. The normalized spacial score (nSPS) is 12.9. The lowest BCUT2D eigenvalue weighted by Gasteiger charge is -2.12. The van der Waals surface area contributed by atoms with Crippen LogP contribution in [-0.4, -0.2) is 0 Å². The number of hydrogen-bond acceptors (Lipinski definition) is 0. The molecule has 0 saturated heterocycles. The van der Waals surface area contributed by atoms with Crippen LogP contribution in [0.1, 0.15) is 44.7 Å². The average molecular weight is 202 g/mol. The summed E-state index contributed by atoms with van der Waals surface area (Å²) in [5, 5.41) is 0. The molecule has 0 radical (unpaired) electrons. The van der Waals surface area contributed by atoms with Crippen LogP contribution in [0.5, 0.6) is 0 Å². The van der Waals surface area contributed by atoms with Crippen LogP contribution in [0.25, 0.3) is 0 Å². The minimum atomic E-state index is 0.470. The van der Waals surface area contributed by atoms with E-state index in [0.717, 1.165) is 5.92 Å². The predicted octanol–water partition coefficient (Wildman–Crippen LogP) is 4.56. The summed E-state index contributed by atoms with van der Waals surface area (Å²) in [7, 11) is 0. The van der Waals surface area contributed by atoms with Gasteiger partial charge in [-0.25, -0.2) is 0 Å². The molecule has 0 unspecified atom stereocenters. The van der Waals surface area contributed by atoms with Crippen LogP contribution in [0.3, 0.4) is 0 Å². The van der Waals surface area contributed by atoms with E-state index >= 15 is 0 Å². The third kappa shape index (κ3) is 3.54. The van der Waals surface area contributed by atoms with Gasteiger partial charge in [0.2, 0.25) is 0 Å². The molecule has 0 heteroatoms. The fourth-order valence-corrected chi connectivity index (χ4v) is 1.70. The fraction of sp³-hybridized carbons (Fsp3) is 0.467. The van der Waals surface area contributed by atoms with Crippen LogP contribution in [0.2, 0.25) is 0 Å². The second-order valence-corrected chi connectivity index (χ2v) is 4.91. The van der Waals surface area contributed by atoms with Crippen LogP contribution >= 0.6 is 0 Å². The van der Waals surface area contributed by atoms with Crippen molar-refractivity contribution in [2.75, 3.05) is 0 Å². The van der Waals surface area contributed by atoms with E-state index in [0.29, 0.717) is 5.92 Å². The van der Waals surface area contributed by atoms with E-state index in [4.69, 9.17) is 0 Å². The average Bonchev–Trinajstić information content (AvgIpc) is 2.17. The monoisotopic (exact) mass is 202 g/mol. The highest BCUT2D eigenvalue weighted by molar-refractivity contribution is 5.29. The molecule has 1 aromatic rings. The fourth-order valence-electron chi connectivity index (χ4n) is 1.70. The molecular weight excluding hydrogens is 180 g/mol. The van der Waals surface area contributed by atoms with Crippen molar-refractivity contribution < 1.29 is 0 Å². The molecule has 1 rings (SSSR count). The molecule has 0 N–H and O–H groups in total. The van der Waals surface area contributed by atoms with E-state index in [9.17, 15) is 0 Å². The van der Waals surface area contributed by atoms with Crippen molar-refractivity contribution in [2.45, 2.75) is 40.0 Å². The van der Waals surface area contributed by atoms with Crippen LogP contribution in [-0.2, 0) is 6.42 Å². The first-order chi connectivity index (χ1) is 7.00. The molecule has 0 heterocycles. The van der Waals surface area contributed by atoms with Crippen molar-refractivity contribution in [3.63, 3.8) is 0 Å². The highest BCUT2D eigenvalue weighted by atomic mass is 14.1. The zero-order valence-corrected chi connectivity index (χ0v) is 10.4. The minimum Gasteiger partial charge on any atom is -0.0995 e. The third-order valence-corrected chi connectivity index (χ3v) is 2.86. The maximum absolute atomic E-state index is 4.00. The maximum atomic E-state index is 4.00. The third-order valence-electron chi connectivity index (χ3n) is 2.86. The van der Waals surface area contributed by atoms with Gasteiger partial charge < -0.3 is 0 Å². The molecule has 1 aromatic carbocycles. The van der Waals surface area contributed by atoms with Gasteiger partial charge >= 0.3 is 0 Å². The SMILES string of the molecule is C=C(C)[C@@H](C)c1ccc(CC(C)C)cc1. The Labute approximate surface area is 94.0 Å². The maximum Gasteiger partial charge on any atom is 0.00143 e. The first kappa shape index (κ1) is 12.0. The lowest BCUT2D eigenvalue weighted by atomic mass is 9.93. The molecule has 0 aliphatic rings. The van der Waals surface area contributed by atoms with Gasteiger partial charge in [-0.05, 0) is 30.4 Å². The first-order valence-electron chi connectivity index (χ1n) is 5.75. The van der Waals surface area contributed by atoms with Crippen LogP contribution in [0.4, 0.5) is 0 Å². The summed E-state index contributed by atoms with van der Waals surface area (Å²) in [6, 6.07) is 8.96. The Bertz CT molecular complexity index is 316. The Balaban J connectivity index is 2.76. The summed E-state index contributed by atoms with van der Waals surface area (Å²) < 4.78 is 0. The van der Waals surface area contributed by atoms with Gasteiger partial charge in [-0.15, -0.1) is 0 Å². The molecule has 0 aliphatic heterocycles. The van der Waals surface area contributed by atoms with Crippen molar-refractivity contribution >= 4 is 0 Å². The van der Waals surface area contributed by atoms with Crippen molar-refractivity contribution in [1.82, 2.24) is 0 Å². The van der Waals surface area contributed by atoms with Gasteiger partial charge in [0, 0.05) is 5.92 Å². The molecule has 0 amide bonds. The van der Waals surface area contributed by atoms with Crippen molar-refractivity contribution in [3.8, 4) is 0 Å². The smallest absolute Gasteiger partial charge is 0.00143 e. The summed E-state index contributed by atoms with van der Waals surface area (Å²) in [6.07, 6.45) is 1.17. The van der Waals surface area contributed by atoms with Crippen molar-refractivity contribution in [1.29, 1.82) is 0 Å². The van der Waals surface area contributed by atoms with Crippen molar-refractivity contribution in [3.05, 3.63) is 47.5 Å². The molecule has 0 saturated carbocycles. The Morgan fingerprint density at radius 1 is 1.13 bits per heavy atom. The van der Waals surface area contributed by atoms with E-state index in [1.165, 1.54) is 23.1 Å². The number of allylic oxidation sites excluding steroid dienone is 1.